The molecule has 1 N–H and O–H groups in total. The highest BCUT2D eigenvalue weighted by Gasteiger charge is 2.32. The fourth-order valence-electron chi connectivity index (χ4n) is 4.31. The number of para-hydroxylation sites is 1. The van der Waals surface area contributed by atoms with Crippen molar-refractivity contribution in [3.8, 4) is 0 Å². The first-order valence-corrected chi connectivity index (χ1v) is 13.2. The number of aromatic nitrogens is 3. The van der Waals surface area contributed by atoms with E-state index in [9.17, 15) is 13.2 Å². The molecule has 2 heterocycles. The van der Waals surface area contributed by atoms with Gasteiger partial charge in [0.05, 0.1) is 28.3 Å². The van der Waals surface area contributed by atoms with Crippen LogP contribution in [0.3, 0.4) is 0 Å². The zero-order valence-electron chi connectivity index (χ0n) is 21.4. The molecular weight excluding hydrogens is 474 g/mol. The van der Waals surface area contributed by atoms with E-state index < -0.39 is 22.5 Å². The van der Waals surface area contributed by atoms with Crippen LogP contribution in [0.5, 0.6) is 0 Å². The molecule has 0 atom stereocenters. The van der Waals surface area contributed by atoms with Crippen LogP contribution in [0.2, 0.25) is 0 Å². The Bertz CT molecular complexity index is 1540. The van der Waals surface area contributed by atoms with Gasteiger partial charge in [0.2, 0.25) is 5.91 Å². The van der Waals surface area contributed by atoms with Gasteiger partial charge in [-0.05, 0) is 56.5 Å². The lowest BCUT2D eigenvalue weighted by Crippen LogP contribution is -2.38. The molecule has 0 unspecified atom stereocenters. The van der Waals surface area contributed by atoms with Crippen molar-refractivity contribution in [2.75, 3.05) is 16.2 Å². The molecule has 4 rings (SSSR count). The Balaban J connectivity index is 1.75. The molecule has 2 aromatic carbocycles. The van der Waals surface area contributed by atoms with Crippen molar-refractivity contribution in [1.29, 1.82) is 0 Å². The third-order valence-electron chi connectivity index (χ3n) is 6.24. The standard InChI is InChI=1S/C27H31N5O3S/c1-17(2)21-11-13-22(14-12-21)32(36(34,35)27-19(4)30-31(6)20(27)5)16-26(33)29-25-15-18(3)28-24-10-8-7-9-23(24)25/h7-15,17H,16H2,1-6H3,(H,28,29,33). The molecule has 36 heavy (non-hydrogen) atoms. The lowest BCUT2D eigenvalue weighted by Gasteiger charge is -2.25. The molecule has 0 aliphatic heterocycles. The number of hydrogen-bond donors (Lipinski definition) is 1. The summed E-state index contributed by atoms with van der Waals surface area (Å²) in [6, 6.07) is 16.6. The van der Waals surface area contributed by atoms with Gasteiger partial charge in [0.1, 0.15) is 11.4 Å². The summed E-state index contributed by atoms with van der Waals surface area (Å²) in [7, 11) is -2.39. The van der Waals surface area contributed by atoms with Crippen molar-refractivity contribution in [2.24, 2.45) is 7.05 Å². The summed E-state index contributed by atoms with van der Waals surface area (Å²) in [4.78, 5) is 17.9. The molecule has 188 valence electrons. The molecule has 4 aromatic rings. The molecule has 0 spiro atoms. The Morgan fingerprint density at radius 2 is 1.72 bits per heavy atom. The fourth-order valence-corrected chi connectivity index (χ4v) is 6.14. The molecule has 0 aliphatic rings. The van der Waals surface area contributed by atoms with Crippen LogP contribution in [0.4, 0.5) is 11.4 Å². The second-order valence-corrected chi connectivity index (χ2v) is 11.1. The number of hydrogen-bond acceptors (Lipinski definition) is 5. The van der Waals surface area contributed by atoms with E-state index in [-0.39, 0.29) is 4.90 Å². The number of fused-ring (bicyclic) bond motifs is 1. The number of pyridine rings is 1. The Morgan fingerprint density at radius 3 is 2.33 bits per heavy atom. The molecule has 0 saturated carbocycles. The van der Waals surface area contributed by atoms with E-state index in [1.165, 1.54) is 4.68 Å². The highest BCUT2D eigenvalue weighted by atomic mass is 32.2. The normalized spacial score (nSPS) is 11.8. The number of nitrogens with zero attached hydrogens (tertiary/aromatic N) is 4. The fraction of sp³-hybridized carbons (Fsp3) is 0.296. The number of rotatable bonds is 7. The Morgan fingerprint density at radius 1 is 1.06 bits per heavy atom. The van der Waals surface area contributed by atoms with E-state index in [1.54, 1.807) is 39.1 Å². The average molecular weight is 506 g/mol. The first-order chi connectivity index (χ1) is 17.0. The van der Waals surface area contributed by atoms with Crippen molar-refractivity contribution in [3.63, 3.8) is 0 Å². The second-order valence-electron chi connectivity index (χ2n) is 9.26. The zero-order chi connectivity index (χ0) is 26.2. The van der Waals surface area contributed by atoms with Gasteiger partial charge in [0.25, 0.3) is 10.0 Å². The van der Waals surface area contributed by atoms with Gasteiger partial charge in [-0.25, -0.2) is 8.42 Å². The van der Waals surface area contributed by atoms with Gasteiger partial charge in [0.15, 0.2) is 0 Å². The molecule has 8 nitrogen and oxygen atoms in total. The lowest BCUT2D eigenvalue weighted by molar-refractivity contribution is -0.114. The third kappa shape index (κ3) is 4.83. The number of nitrogens with one attached hydrogen (secondary N) is 1. The molecule has 0 aliphatic carbocycles. The van der Waals surface area contributed by atoms with E-state index in [0.717, 1.165) is 26.5 Å². The number of anilines is 2. The topological polar surface area (TPSA) is 97.2 Å². The second kappa shape index (κ2) is 9.73. The number of aryl methyl sites for hydroxylation is 3. The first kappa shape index (κ1) is 25.4. The SMILES string of the molecule is Cc1cc(NC(=O)CN(c2ccc(C(C)C)cc2)S(=O)(=O)c2c(C)nn(C)c2C)c2ccccc2n1. The molecule has 0 radical (unpaired) electrons. The molecular formula is C27H31N5O3S. The highest BCUT2D eigenvalue weighted by molar-refractivity contribution is 7.93. The van der Waals surface area contributed by atoms with Crippen LogP contribution < -0.4 is 9.62 Å². The molecule has 0 bridgehead atoms. The summed E-state index contributed by atoms with van der Waals surface area (Å²) in [6.45, 7) is 8.96. The van der Waals surface area contributed by atoms with Crippen LogP contribution in [0.15, 0.2) is 59.5 Å². The van der Waals surface area contributed by atoms with E-state index in [1.807, 2.05) is 43.3 Å². The average Bonchev–Trinajstić information content (AvgIpc) is 3.08. The van der Waals surface area contributed by atoms with Crippen molar-refractivity contribution >= 4 is 38.2 Å². The van der Waals surface area contributed by atoms with Gasteiger partial charge < -0.3 is 5.32 Å². The summed E-state index contributed by atoms with van der Waals surface area (Å²) >= 11 is 0. The van der Waals surface area contributed by atoms with Gasteiger partial charge in [-0.2, -0.15) is 5.10 Å². The molecule has 2 aromatic heterocycles. The maximum atomic E-state index is 13.9. The Hall–Kier alpha value is -3.72. The highest BCUT2D eigenvalue weighted by Crippen LogP contribution is 2.29. The van der Waals surface area contributed by atoms with Crippen molar-refractivity contribution in [3.05, 3.63) is 77.2 Å². The van der Waals surface area contributed by atoms with Crippen LogP contribution in [-0.4, -0.2) is 35.6 Å². The van der Waals surface area contributed by atoms with E-state index in [4.69, 9.17) is 0 Å². The predicted octanol–water partition coefficient (Wildman–Crippen LogP) is 4.85. The monoisotopic (exact) mass is 505 g/mol. The smallest absolute Gasteiger partial charge is 0.268 e. The Kier molecular flexibility index (Phi) is 6.86. The number of amides is 1. The van der Waals surface area contributed by atoms with Crippen molar-refractivity contribution in [2.45, 2.75) is 45.4 Å². The zero-order valence-corrected chi connectivity index (χ0v) is 22.2. The Labute approximate surface area is 212 Å². The van der Waals surface area contributed by atoms with E-state index >= 15 is 0 Å². The van der Waals surface area contributed by atoms with Crippen LogP contribution in [0.25, 0.3) is 10.9 Å². The minimum Gasteiger partial charge on any atom is -0.324 e. The van der Waals surface area contributed by atoms with Crippen molar-refractivity contribution in [1.82, 2.24) is 14.8 Å². The molecule has 0 fully saturated rings. The van der Waals surface area contributed by atoms with Crippen LogP contribution in [0.1, 0.15) is 42.4 Å². The van der Waals surface area contributed by atoms with E-state index in [0.29, 0.717) is 28.7 Å². The summed E-state index contributed by atoms with van der Waals surface area (Å²) in [5.41, 5.74) is 4.47. The quantitative estimate of drug-likeness (QED) is 0.387. The maximum Gasteiger partial charge on any atom is 0.268 e. The molecule has 9 heteroatoms. The summed E-state index contributed by atoms with van der Waals surface area (Å²) in [5, 5.41) is 7.98. The van der Waals surface area contributed by atoms with Crippen LogP contribution in [0, 0.1) is 20.8 Å². The number of carbonyl (C=O) groups is 1. The number of benzene rings is 2. The van der Waals surface area contributed by atoms with E-state index in [2.05, 4.69) is 29.2 Å². The van der Waals surface area contributed by atoms with Gasteiger partial charge in [0, 0.05) is 18.1 Å². The maximum absolute atomic E-state index is 13.9. The summed E-state index contributed by atoms with van der Waals surface area (Å²) in [5.74, 6) is -0.167. The van der Waals surface area contributed by atoms with Gasteiger partial charge >= 0.3 is 0 Å². The minimum absolute atomic E-state index is 0.107. The minimum atomic E-state index is -4.09. The largest absolute Gasteiger partial charge is 0.324 e. The van der Waals surface area contributed by atoms with Crippen LogP contribution >= 0.6 is 0 Å². The first-order valence-electron chi connectivity index (χ1n) is 11.8. The van der Waals surface area contributed by atoms with Crippen LogP contribution in [-0.2, 0) is 21.9 Å². The predicted molar refractivity (Wildman–Crippen MR) is 143 cm³/mol. The molecule has 1 amide bonds. The van der Waals surface area contributed by atoms with Crippen molar-refractivity contribution < 1.29 is 13.2 Å². The summed E-state index contributed by atoms with van der Waals surface area (Å²) < 4.78 is 30.6. The number of carbonyl (C=O) groups excluding carboxylic acids is 1. The number of sulfonamides is 1. The van der Waals surface area contributed by atoms with Gasteiger partial charge in [-0.1, -0.05) is 44.2 Å². The van der Waals surface area contributed by atoms with Gasteiger partial charge in [-0.15, -0.1) is 0 Å². The third-order valence-corrected chi connectivity index (χ3v) is 8.27. The lowest BCUT2D eigenvalue weighted by atomic mass is 10.0. The summed E-state index contributed by atoms with van der Waals surface area (Å²) in [6.07, 6.45) is 0. The molecule has 0 saturated heterocycles. The van der Waals surface area contributed by atoms with Gasteiger partial charge in [-0.3, -0.25) is 18.8 Å².